The molecule has 21 heavy (non-hydrogen) atoms. The smallest absolute Gasteiger partial charge is 0.257 e. The molecule has 0 atom stereocenters. The number of rotatable bonds is 5. The van der Waals surface area contributed by atoms with Gasteiger partial charge in [-0.05, 0) is 24.3 Å². The molecule has 0 saturated heterocycles. The van der Waals surface area contributed by atoms with Crippen LogP contribution in [0.25, 0.3) is 0 Å². The predicted molar refractivity (Wildman–Crippen MR) is 74.2 cm³/mol. The van der Waals surface area contributed by atoms with E-state index in [0.717, 1.165) is 11.5 Å². The molecule has 0 spiro atoms. The van der Waals surface area contributed by atoms with Crippen molar-refractivity contribution in [1.29, 1.82) is 0 Å². The fourth-order valence-electron chi connectivity index (χ4n) is 2.10. The van der Waals surface area contributed by atoms with Crippen LogP contribution in [-0.2, 0) is 20.1 Å². The van der Waals surface area contributed by atoms with Gasteiger partial charge in [-0.25, -0.2) is 0 Å². The highest BCUT2D eigenvalue weighted by molar-refractivity contribution is 5.93. The van der Waals surface area contributed by atoms with E-state index in [1.54, 1.807) is 53.7 Å². The number of aryl methyl sites for hydroxylation is 1. The highest BCUT2D eigenvalue weighted by Crippen LogP contribution is 2.14. The van der Waals surface area contributed by atoms with Crippen molar-refractivity contribution in [3.63, 3.8) is 0 Å². The molecule has 6 heteroatoms. The van der Waals surface area contributed by atoms with Crippen molar-refractivity contribution in [2.75, 3.05) is 0 Å². The van der Waals surface area contributed by atoms with Gasteiger partial charge in [0.15, 0.2) is 0 Å². The molecule has 0 fully saturated rings. The van der Waals surface area contributed by atoms with Crippen LogP contribution in [0.2, 0.25) is 0 Å². The van der Waals surface area contributed by atoms with E-state index in [-0.39, 0.29) is 5.91 Å². The monoisotopic (exact) mass is 285 g/mol. The molecule has 0 bridgehead atoms. The Bertz CT molecular complexity index is 662. The lowest BCUT2D eigenvalue weighted by Crippen LogP contribution is -2.29. The molecular weight excluding hydrogens is 270 g/mol. The summed E-state index contributed by atoms with van der Waals surface area (Å²) in [5.74, 6) is 1.33. The largest absolute Gasteiger partial charge is 0.467 e. The van der Waals surface area contributed by atoms with Crippen molar-refractivity contribution >= 4 is 5.91 Å². The van der Waals surface area contributed by atoms with Gasteiger partial charge in [-0.2, -0.15) is 5.10 Å². The van der Waals surface area contributed by atoms with Gasteiger partial charge in [0.25, 0.3) is 5.91 Å². The van der Waals surface area contributed by atoms with Crippen LogP contribution in [-0.4, -0.2) is 20.6 Å². The first-order valence-corrected chi connectivity index (χ1v) is 6.55. The van der Waals surface area contributed by atoms with Crippen molar-refractivity contribution in [1.82, 2.24) is 14.7 Å². The van der Waals surface area contributed by atoms with Crippen LogP contribution >= 0.6 is 0 Å². The first-order chi connectivity index (χ1) is 10.2. The molecule has 108 valence electrons. The van der Waals surface area contributed by atoms with Gasteiger partial charge in [-0.15, -0.1) is 0 Å². The van der Waals surface area contributed by atoms with Crippen LogP contribution in [0, 0.1) is 0 Å². The maximum absolute atomic E-state index is 12.6. The van der Waals surface area contributed by atoms with Crippen LogP contribution in [0.4, 0.5) is 0 Å². The summed E-state index contributed by atoms with van der Waals surface area (Å²) in [5, 5.41) is 4.04. The number of carbonyl (C=O) groups is 1. The summed E-state index contributed by atoms with van der Waals surface area (Å²) in [7, 11) is 1.78. The first kappa shape index (κ1) is 13.2. The van der Waals surface area contributed by atoms with Crippen LogP contribution < -0.4 is 0 Å². The van der Waals surface area contributed by atoms with E-state index in [9.17, 15) is 4.79 Å². The molecule has 0 aliphatic carbocycles. The Hall–Kier alpha value is -2.76. The van der Waals surface area contributed by atoms with E-state index in [4.69, 9.17) is 8.83 Å². The number of carbonyl (C=O) groups excluding carboxylic acids is 1. The molecule has 0 aliphatic rings. The molecule has 0 unspecified atom stereocenters. The van der Waals surface area contributed by atoms with Crippen molar-refractivity contribution in [2.45, 2.75) is 13.1 Å². The van der Waals surface area contributed by atoms with Crippen molar-refractivity contribution < 1.29 is 13.6 Å². The van der Waals surface area contributed by atoms with Crippen LogP contribution in [0.5, 0.6) is 0 Å². The van der Waals surface area contributed by atoms with Gasteiger partial charge >= 0.3 is 0 Å². The number of nitrogens with zero attached hydrogens (tertiary/aromatic N) is 3. The maximum Gasteiger partial charge on any atom is 0.257 e. The van der Waals surface area contributed by atoms with Crippen molar-refractivity contribution in [3.8, 4) is 0 Å². The van der Waals surface area contributed by atoms with Gasteiger partial charge in [0.2, 0.25) is 0 Å². The number of furan rings is 2. The second-order valence-corrected chi connectivity index (χ2v) is 4.72. The fourth-order valence-corrected chi connectivity index (χ4v) is 2.10. The summed E-state index contributed by atoms with van der Waals surface area (Å²) in [4.78, 5) is 14.3. The Labute approximate surface area is 121 Å². The molecule has 0 saturated carbocycles. The molecule has 6 nitrogen and oxygen atoms in total. The number of aromatic nitrogens is 2. The topological polar surface area (TPSA) is 64.4 Å². The summed E-state index contributed by atoms with van der Waals surface area (Å²) in [6, 6.07) is 7.28. The minimum absolute atomic E-state index is 0.115. The lowest BCUT2D eigenvalue weighted by Gasteiger charge is -2.19. The zero-order chi connectivity index (χ0) is 14.7. The molecular formula is C15H15N3O3. The second kappa shape index (κ2) is 5.70. The van der Waals surface area contributed by atoms with Crippen LogP contribution in [0.3, 0.4) is 0 Å². The van der Waals surface area contributed by atoms with Gasteiger partial charge in [-0.1, -0.05) is 0 Å². The average molecular weight is 285 g/mol. The minimum Gasteiger partial charge on any atom is -0.467 e. The van der Waals surface area contributed by atoms with Gasteiger partial charge in [0.1, 0.15) is 11.5 Å². The van der Waals surface area contributed by atoms with E-state index in [1.165, 1.54) is 0 Å². The molecule has 0 aromatic carbocycles. The molecule has 3 rings (SSSR count). The Kier molecular flexibility index (Phi) is 3.59. The van der Waals surface area contributed by atoms with Crippen LogP contribution in [0.15, 0.2) is 58.0 Å². The van der Waals surface area contributed by atoms with Gasteiger partial charge in [-0.3, -0.25) is 9.48 Å². The number of hydrogen-bond acceptors (Lipinski definition) is 4. The highest BCUT2D eigenvalue weighted by atomic mass is 16.3. The lowest BCUT2D eigenvalue weighted by molar-refractivity contribution is 0.0705. The third-order valence-electron chi connectivity index (χ3n) is 3.09. The summed E-state index contributed by atoms with van der Waals surface area (Å²) in [6.07, 6.45) is 6.43. The predicted octanol–water partition coefficient (Wildman–Crippen LogP) is 2.45. The van der Waals surface area contributed by atoms with E-state index in [0.29, 0.717) is 18.7 Å². The molecule has 3 aromatic heterocycles. The van der Waals surface area contributed by atoms with E-state index >= 15 is 0 Å². The molecule has 0 N–H and O–H groups in total. The average Bonchev–Trinajstić information content (AvgIpc) is 3.19. The maximum atomic E-state index is 12.6. The van der Waals surface area contributed by atoms with Gasteiger partial charge in [0, 0.05) is 13.2 Å². The SMILES string of the molecule is Cn1cc(C(=O)N(Cc2ccco2)Cc2ccco2)cn1. The minimum atomic E-state index is -0.115. The normalized spacial score (nSPS) is 10.7. The Balaban J connectivity index is 1.82. The molecule has 3 aromatic rings. The number of hydrogen-bond donors (Lipinski definition) is 0. The van der Waals surface area contributed by atoms with E-state index in [2.05, 4.69) is 5.10 Å². The van der Waals surface area contributed by atoms with Gasteiger partial charge in [0.05, 0.1) is 37.4 Å². The summed E-state index contributed by atoms with van der Waals surface area (Å²) in [6.45, 7) is 0.753. The zero-order valence-electron chi connectivity index (χ0n) is 11.6. The highest BCUT2D eigenvalue weighted by Gasteiger charge is 2.20. The zero-order valence-corrected chi connectivity index (χ0v) is 11.6. The second-order valence-electron chi connectivity index (χ2n) is 4.72. The molecule has 3 heterocycles. The standard InChI is InChI=1S/C15H15N3O3/c1-17-9-12(8-16-17)15(19)18(10-13-4-2-6-20-13)11-14-5-3-7-21-14/h2-9H,10-11H2,1H3. The lowest BCUT2D eigenvalue weighted by atomic mass is 10.2. The van der Waals surface area contributed by atoms with E-state index < -0.39 is 0 Å². The first-order valence-electron chi connectivity index (χ1n) is 6.55. The van der Waals surface area contributed by atoms with Crippen molar-refractivity contribution in [2.24, 2.45) is 7.05 Å². The Morgan fingerprint density at radius 3 is 2.24 bits per heavy atom. The summed E-state index contributed by atoms with van der Waals surface area (Å²) >= 11 is 0. The third kappa shape index (κ3) is 3.05. The van der Waals surface area contributed by atoms with Crippen LogP contribution in [0.1, 0.15) is 21.9 Å². The molecule has 1 amide bonds. The Morgan fingerprint density at radius 1 is 1.19 bits per heavy atom. The number of amides is 1. The summed E-state index contributed by atoms with van der Waals surface area (Å²) < 4.78 is 12.3. The summed E-state index contributed by atoms with van der Waals surface area (Å²) in [5.41, 5.74) is 0.538. The van der Waals surface area contributed by atoms with Crippen molar-refractivity contribution in [3.05, 3.63) is 66.3 Å². The Morgan fingerprint density at radius 2 is 1.81 bits per heavy atom. The fraction of sp³-hybridized carbons (Fsp3) is 0.200. The molecule has 0 aliphatic heterocycles. The van der Waals surface area contributed by atoms with Gasteiger partial charge < -0.3 is 13.7 Å². The molecule has 0 radical (unpaired) electrons. The van der Waals surface area contributed by atoms with E-state index in [1.807, 2.05) is 12.1 Å². The quantitative estimate of drug-likeness (QED) is 0.722. The third-order valence-corrected chi connectivity index (χ3v) is 3.09.